The Bertz CT molecular complexity index is 106. The third-order valence-electron chi connectivity index (χ3n) is 2.75. The van der Waals surface area contributed by atoms with Crippen molar-refractivity contribution in [2.24, 2.45) is 5.92 Å². The van der Waals surface area contributed by atoms with E-state index >= 15 is 0 Å². The van der Waals surface area contributed by atoms with Crippen LogP contribution in [0.5, 0.6) is 0 Å². The molecule has 0 aromatic carbocycles. The van der Waals surface area contributed by atoms with Crippen LogP contribution in [-0.4, -0.2) is 23.4 Å². The molecule has 1 fully saturated rings. The zero-order valence-corrected chi connectivity index (χ0v) is 8.48. The molecule has 1 atom stereocenters. The first-order valence-electron chi connectivity index (χ1n) is 4.66. The largest absolute Gasteiger partial charge is 0.292 e. The summed E-state index contributed by atoms with van der Waals surface area (Å²) >= 11 is 4.43. The molecule has 0 radical (unpaired) electrons. The molecule has 2 heteroatoms. The molecule has 0 bridgehead atoms. The molecule has 0 amide bonds. The minimum atomic E-state index is 0.452. The Balaban J connectivity index is 2.24. The first-order valence-corrected chi connectivity index (χ1v) is 5.17. The summed E-state index contributed by atoms with van der Waals surface area (Å²) in [6, 6.07) is 0. The number of nitrogens with zero attached hydrogens (tertiary/aromatic N) is 1. The molecule has 1 nitrogen and oxygen atoms in total. The van der Waals surface area contributed by atoms with Crippen molar-refractivity contribution in [1.29, 1.82) is 0 Å². The second-order valence-electron chi connectivity index (χ2n) is 3.52. The normalized spacial score (nSPS) is 25.4. The summed E-state index contributed by atoms with van der Waals surface area (Å²) in [4.78, 5) is 2.45. The van der Waals surface area contributed by atoms with Gasteiger partial charge in [-0.05, 0) is 38.8 Å². The van der Waals surface area contributed by atoms with E-state index in [1.165, 1.54) is 32.4 Å². The molecule has 0 aliphatic carbocycles. The van der Waals surface area contributed by atoms with Crippen molar-refractivity contribution in [1.82, 2.24) is 4.90 Å². The van der Waals surface area contributed by atoms with Crippen molar-refractivity contribution in [2.45, 2.75) is 38.5 Å². The number of likely N-dealkylation sites (tertiary alicyclic amines) is 1. The van der Waals surface area contributed by atoms with Gasteiger partial charge in [-0.25, -0.2) is 0 Å². The van der Waals surface area contributed by atoms with Crippen LogP contribution in [0, 0.1) is 5.92 Å². The first-order chi connectivity index (χ1) is 5.24. The Kier molecular flexibility index (Phi) is 3.73. The monoisotopic (exact) mass is 173 g/mol. The van der Waals surface area contributed by atoms with Crippen LogP contribution >= 0.6 is 12.6 Å². The lowest BCUT2D eigenvalue weighted by atomic mass is 9.94. The highest BCUT2D eigenvalue weighted by Gasteiger charge is 2.19. The number of hydrogen-bond acceptors (Lipinski definition) is 2. The van der Waals surface area contributed by atoms with E-state index < -0.39 is 0 Å². The zero-order chi connectivity index (χ0) is 8.27. The Labute approximate surface area is 75.6 Å². The summed E-state index contributed by atoms with van der Waals surface area (Å²) in [5, 5.41) is 0.452. The molecule has 0 saturated carbocycles. The second-order valence-corrected chi connectivity index (χ2v) is 4.27. The minimum absolute atomic E-state index is 0.452. The molecule has 1 aliphatic heterocycles. The maximum Gasteiger partial charge on any atom is 0.0499 e. The maximum absolute atomic E-state index is 4.43. The van der Waals surface area contributed by atoms with Crippen molar-refractivity contribution in [3.8, 4) is 0 Å². The van der Waals surface area contributed by atoms with Crippen LogP contribution < -0.4 is 0 Å². The molecule has 66 valence electrons. The molecule has 1 rings (SSSR count). The number of hydrogen-bond donors (Lipinski definition) is 1. The van der Waals surface area contributed by atoms with E-state index in [4.69, 9.17) is 0 Å². The fourth-order valence-corrected chi connectivity index (χ4v) is 1.97. The van der Waals surface area contributed by atoms with Gasteiger partial charge in [-0.15, -0.1) is 0 Å². The lowest BCUT2D eigenvalue weighted by Crippen LogP contribution is -2.37. The van der Waals surface area contributed by atoms with Crippen LogP contribution in [0.15, 0.2) is 0 Å². The van der Waals surface area contributed by atoms with E-state index in [2.05, 4.69) is 31.4 Å². The van der Waals surface area contributed by atoms with E-state index in [0.717, 1.165) is 5.92 Å². The lowest BCUT2D eigenvalue weighted by Gasteiger charge is -2.33. The standard InChI is InChI=1S/C9H19NS/c1-3-9-4-6-10(7-5-9)8(2)11/h8-9,11H,3-7H2,1-2H3. The van der Waals surface area contributed by atoms with Gasteiger partial charge in [0, 0.05) is 5.37 Å². The van der Waals surface area contributed by atoms with Crippen LogP contribution in [0.1, 0.15) is 33.1 Å². The summed E-state index contributed by atoms with van der Waals surface area (Å²) in [6.07, 6.45) is 4.11. The molecular weight excluding hydrogens is 154 g/mol. The van der Waals surface area contributed by atoms with Crippen molar-refractivity contribution < 1.29 is 0 Å². The van der Waals surface area contributed by atoms with Gasteiger partial charge in [-0.3, -0.25) is 4.90 Å². The summed E-state index contributed by atoms with van der Waals surface area (Å²) in [5.74, 6) is 0.985. The van der Waals surface area contributed by atoms with E-state index in [9.17, 15) is 0 Å². The van der Waals surface area contributed by atoms with Gasteiger partial charge in [0.1, 0.15) is 0 Å². The Morgan fingerprint density at radius 2 is 2.00 bits per heavy atom. The molecule has 1 heterocycles. The van der Waals surface area contributed by atoms with E-state index in [0.29, 0.717) is 5.37 Å². The topological polar surface area (TPSA) is 3.24 Å². The molecule has 0 aromatic heterocycles. The smallest absolute Gasteiger partial charge is 0.0499 e. The molecule has 1 saturated heterocycles. The highest BCUT2D eigenvalue weighted by molar-refractivity contribution is 7.80. The lowest BCUT2D eigenvalue weighted by molar-refractivity contribution is 0.177. The van der Waals surface area contributed by atoms with Crippen LogP contribution in [0.4, 0.5) is 0 Å². The minimum Gasteiger partial charge on any atom is -0.292 e. The predicted molar refractivity (Wildman–Crippen MR) is 53.0 cm³/mol. The quantitative estimate of drug-likeness (QED) is 0.628. The number of rotatable bonds is 2. The SMILES string of the molecule is CCC1CCN(C(C)S)CC1. The van der Waals surface area contributed by atoms with Crippen molar-refractivity contribution >= 4 is 12.6 Å². The van der Waals surface area contributed by atoms with Gasteiger partial charge >= 0.3 is 0 Å². The second kappa shape index (κ2) is 4.36. The van der Waals surface area contributed by atoms with E-state index in [-0.39, 0.29) is 0 Å². The van der Waals surface area contributed by atoms with Crippen LogP contribution in [0.25, 0.3) is 0 Å². The first kappa shape index (κ1) is 9.40. The third-order valence-corrected chi connectivity index (χ3v) is 3.08. The average Bonchev–Trinajstić information content (AvgIpc) is 2.05. The molecule has 1 unspecified atom stereocenters. The number of thiol groups is 1. The van der Waals surface area contributed by atoms with Crippen molar-refractivity contribution in [3.63, 3.8) is 0 Å². The van der Waals surface area contributed by atoms with Gasteiger partial charge in [0.15, 0.2) is 0 Å². The van der Waals surface area contributed by atoms with Crippen LogP contribution in [0.2, 0.25) is 0 Å². The Morgan fingerprint density at radius 3 is 2.36 bits per heavy atom. The fraction of sp³-hybridized carbons (Fsp3) is 1.00. The molecule has 1 aliphatic rings. The summed E-state index contributed by atoms with van der Waals surface area (Å²) in [6.45, 7) is 6.96. The van der Waals surface area contributed by atoms with Crippen molar-refractivity contribution in [2.75, 3.05) is 13.1 Å². The molecule has 0 N–H and O–H groups in total. The van der Waals surface area contributed by atoms with Crippen LogP contribution in [-0.2, 0) is 0 Å². The van der Waals surface area contributed by atoms with Gasteiger partial charge in [0.05, 0.1) is 0 Å². The van der Waals surface area contributed by atoms with Gasteiger partial charge in [-0.1, -0.05) is 13.3 Å². The molecular formula is C9H19NS. The average molecular weight is 173 g/mol. The van der Waals surface area contributed by atoms with E-state index in [1.54, 1.807) is 0 Å². The maximum atomic E-state index is 4.43. The highest BCUT2D eigenvalue weighted by atomic mass is 32.1. The van der Waals surface area contributed by atoms with Crippen molar-refractivity contribution in [3.05, 3.63) is 0 Å². The molecule has 0 aromatic rings. The van der Waals surface area contributed by atoms with E-state index in [1.807, 2.05) is 0 Å². The number of piperidine rings is 1. The van der Waals surface area contributed by atoms with Crippen LogP contribution in [0.3, 0.4) is 0 Å². The summed E-state index contributed by atoms with van der Waals surface area (Å²) in [5.41, 5.74) is 0. The fourth-order valence-electron chi connectivity index (χ4n) is 1.73. The highest BCUT2D eigenvalue weighted by Crippen LogP contribution is 2.21. The summed E-state index contributed by atoms with van der Waals surface area (Å²) < 4.78 is 0. The van der Waals surface area contributed by atoms with Gasteiger partial charge in [-0.2, -0.15) is 12.6 Å². The molecule has 0 spiro atoms. The van der Waals surface area contributed by atoms with Gasteiger partial charge in [0.25, 0.3) is 0 Å². The zero-order valence-electron chi connectivity index (χ0n) is 7.58. The van der Waals surface area contributed by atoms with Gasteiger partial charge in [0.2, 0.25) is 0 Å². The molecule has 11 heavy (non-hydrogen) atoms. The predicted octanol–water partition coefficient (Wildman–Crippen LogP) is 2.38. The summed E-state index contributed by atoms with van der Waals surface area (Å²) in [7, 11) is 0. The Hall–Kier alpha value is 0.310. The third kappa shape index (κ3) is 2.68. The van der Waals surface area contributed by atoms with Gasteiger partial charge < -0.3 is 0 Å². The Morgan fingerprint density at radius 1 is 1.45 bits per heavy atom.